The number of carbonyl (C=O) groups excluding carboxylic acids is 1. The van der Waals surface area contributed by atoms with Gasteiger partial charge in [-0.05, 0) is 36.4 Å². The van der Waals surface area contributed by atoms with Gasteiger partial charge in [0.05, 0.1) is 23.3 Å². The van der Waals surface area contributed by atoms with Crippen LogP contribution in [-0.2, 0) is 19.6 Å². The number of fused-ring (bicyclic) bond motifs is 1. The van der Waals surface area contributed by atoms with Crippen molar-refractivity contribution in [2.75, 3.05) is 24.5 Å². The largest absolute Gasteiger partial charge is 0.457 e. The first-order valence-corrected chi connectivity index (χ1v) is 12.5. The number of ether oxygens (including phenoxy) is 1. The van der Waals surface area contributed by atoms with E-state index in [0.717, 1.165) is 15.3 Å². The molecule has 0 N–H and O–H groups in total. The van der Waals surface area contributed by atoms with Crippen LogP contribution in [0.15, 0.2) is 46.0 Å². The van der Waals surface area contributed by atoms with E-state index in [0.29, 0.717) is 32.5 Å². The first-order chi connectivity index (χ1) is 14.0. The molecule has 5 rings (SSSR count). The number of thiophene rings is 1. The lowest BCUT2D eigenvalue weighted by Gasteiger charge is -2.38. The molecule has 29 heavy (non-hydrogen) atoms. The molecule has 0 spiro atoms. The molecule has 1 atom stereocenters. The van der Waals surface area contributed by atoms with Gasteiger partial charge in [-0.25, -0.2) is 13.4 Å². The predicted octanol–water partition coefficient (Wildman–Crippen LogP) is 2.94. The normalized spacial score (nSPS) is 20.8. The Bertz CT molecular complexity index is 1100. The third-order valence-corrected chi connectivity index (χ3v) is 9.60. The maximum Gasteiger partial charge on any atom is 0.324 e. The van der Waals surface area contributed by atoms with Gasteiger partial charge in [-0.2, -0.15) is 4.31 Å². The molecule has 152 valence electrons. The van der Waals surface area contributed by atoms with Gasteiger partial charge in [-0.3, -0.25) is 4.79 Å². The maximum absolute atomic E-state index is 12.8. The van der Waals surface area contributed by atoms with E-state index in [1.165, 1.54) is 15.6 Å². The van der Waals surface area contributed by atoms with Crippen LogP contribution in [0.1, 0.15) is 12.8 Å². The van der Waals surface area contributed by atoms with Crippen molar-refractivity contribution in [3.8, 4) is 0 Å². The highest BCUT2D eigenvalue weighted by Crippen LogP contribution is 2.33. The number of hydrogen-bond donors (Lipinski definition) is 0. The topological polar surface area (TPSA) is 79.8 Å². The molecule has 4 heterocycles. The summed E-state index contributed by atoms with van der Waals surface area (Å²) in [6.45, 7) is 1.51. The number of hydrogen-bond acceptors (Lipinski definition) is 8. The van der Waals surface area contributed by atoms with E-state index in [1.807, 2.05) is 24.3 Å². The molecule has 0 radical (unpaired) electrons. The van der Waals surface area contributed by atoms with Crippen molar-refractivity contribution in [2.45, 2.75) is 29.2 Å². The van der Waals surface area contributed by atoms with Gasteiger partial charge in [-0.1, -0.05) is 29.5 Å². The summed E-state index contributed by atoms with van der Waals surface area (Å²) in [4.78, 5) is 19.4. The average molecular weight is 450 g/mol. The van der Waals surface area contributed by atoms with Crippen molar-refractivity contribution in [3.05, 3.63) is 41.8 Å². The van der Waals surface area contributed by atoms with Crippen LogP contribution in [0.3, 0.4) is 0 Å². The lowest BCUT2D eigenvalue weighted by Crippen LogP contribution is -2.54. The van der Waals surface area contributed by atoms with Gasteiger partial charge in [0.1, 0.15) is 16.4 Å². The summed E-state index contributed by atoms with van der Waals surface area (Å²) in [6.07, 6.45) is 0.923. The Labute approximate surface area is 176 Å². The summed E-state index contributed by atoms with van der Waals surface area (Å²) >= 11 is 2.78. The molecule has 2 saturated heterocycles. The fourth-order valence-electron chi connectivity index (χ4n) is 3.70. The summed E-state index contributed by atoms with van der Waals surface area (Å²) in [5, 5.41) is 2.64. The molecular weight excluding hydrogens is 430 g/mol. The molecule has 1 aromatic carbocycles. The van der Waals surface area contributed by atoms with Crippen LogP contribution in [0.25, 0.3) is 10.2 Å². The Morgan fingerprint density at radius 3 is 2.76 bits per heavy atom. The predicted molar refractivity (Wildman–Crippen MR) is 113 cm³/mol. The van der Waals surface area contributed by atoms with Gasteiger partial charge in [0.25, 0.3) is 10.0 Å². The SMILES string of the molecule is O=C(OC1CN(c2nc3ccccc3s2)C1)[C@H]1CCCN1S(=O)(=O)c1cccs1. The first kappa shape index (κ1) is 19.0. The minimum atomic E-state index is -3.65. The second kappa shape index (κ2) is 7.35. The number of esters is 1. The smallest absolute Gasteiger partial charge is 0.324 e. The summed E-state index contributed by atoms with van der Waals surface area (Å²) in [6, 6.07) is 10.5. The maximum atomic E-state index is 12.8. The zero-order valence-corrected chi connectivity index (χ0v) is 17.9. The summed E-state index contributed by atoms with van der Waals surface area (Å²) in [5.41, 5.74) is 0.966. The standard InChI is InChI=1S/C19H19N3O4S3/c23-18(15-6-3-9-22(15)29(24,25)17-8-4-10-27-17)26-13-11-21(12-13)19-20-14-5-1-2-7-16(14)28-19/h1-2,4-5,7-8,10,13,15H,3,6,9,11-12H2/t15-/m1/s1. The monoisotopic (exact) mass is 449 g/mol. The van der Waals surface area contributed by atoms with Crippen LogP contribution in [0.5, 0.6) is 0 Å². The lowest BCUT2D eigenvalue weighted by molar-refractivity contribution is -0.154. The van der Waals surface area contributed by atoms with E-state index in [1.54, 1.807) is 28.8 Å². The van der Waals surface area contributed by atoms with Gasteiger partial charge in [0.15, 0.2) is 5.13 Å². The van der Waals surface area contributed by atoms with E-state index < -0.39 is 22.0 Å². The van der Waals surface area contributed by atoms with E-state index in [2.05, 4.69) is 9.88 Å². The van der Waals surface area contributed by atoms with Crippen molar-refractivity contribution in [3.63, 3.8) is 0 Å². The number of rotatable bonds is 5. The quantitative estimate of drug-likeness (QED) is 0.557. The highest BCUT2D eigenvalue weighted by atomic mass is 32.2. The van der Waals surface area contributed by atoms with Crippen molar-refractivity contribution in [1.82, 2.24) is 9.29 Å². The fourth-order valence-corrected chi connectivity index (χ4v) is 7.45. The molecule has 0 bridgehead atoms. The number of sulfonamides is 1. The molecule has 10 heteroatoms. The number of benzene rings is 1. The third kappa shape index (κ3) is 3.43. The first-order valence-electron chi connectivity index (χ1n) is 9.39. The molecule has 0 saturated carbocycles. The zero-order chi connectivity index (χ0) is 20.0. The minimum Gasteiger partial charge on any atom is -0.457 e. The van der Waals surface area contributed by atoms with Gasteiger partial charge in [0, 0.05) is 6.54 Å². The Balaban J connectivity index is 1.22. The Kier molecular flexibility index (Phi) is 4.81. The van der Waals surface area contributed by atoms with E-state index in [-0.39, 0.29) is 10.3 Å². The second-order valence-electron chi connectivity index (χ2n) is 7.13. The fraction of sp³-hybridized carbons (Fsp3) is 0.368. The van der Waals surface area contributed by atoms with Crippen LogP contribution in [0.2, 0.25) is 0 Å². The molecule has 7 nitrogen and oxygen atoms in total. The van der Waals surface area contributed by atoms with Gasteiger partial charge in [0.2, 0.25) is 0 Å². The number of para-hydroxylation sites is 1. The van der Waals surface area contributed by atoms with E-state index in [9.17, 15) is 13.2 Å². The number of aromatic nitrogens is 1. The number of thiazole rings is 1. The summed E-state index contributed by atoms with van der Waals surface area (Å²) in [5.74, 6) is -0.448. The third-order valence-electron chi connectivity index (χ3n) is 5.22. The molecular formula is C19H19N3O4S3. The molecule has 0 unspecified atom stereocenters. The van der Waals surface area contributed by atoms with Crippen LogP contribution in [0.4, 0.5) is 5.13 Å². The van der Waals surface area contributed by atoms with Gasteiger partial charge in [-0.15, -0.1) is 11.3 Å². The highest BCUT2D eigenvalue weighted by Gasteiger charge is 2.42. The number of anilines is 1. The van der Waals surface area contributed by atoms with Crippen LogP contribution in [-0.4, -0.2) is 55.5 Å². The van der Waals surface area contributed by atoms with Gasteiger partial charge >= 0.3 is 5.97 Å². The molecule has 2 aliphatic heterocycles. The van der Waals surface area contributed by atoms with Crippen molar-refractivity contribution in [2.24, 2.45) is 0 Å². The molecule has 0 aliphatic carbocycles. The van der Waals surface area contributed by atoms with Crippen molar-refractivity contribution >= 4 is 54.0 Å². The van der Waals surface area contributed by atoms with Crippen LogP contribution < -0.4 is 4.90 Å². The van der Waals surface area contributed by atoms with Crippen molar-refractivity contribution < 1.29 is 17.9 Å². The average Bonchev–Trinajstić information content (AvgIpc) is 3.43. The number of nitrogens with zero attached hydrogens (tertiary/aromatic N) is 3. The zero-order valence-electron chi connectivity index (χ0n) is 15.4. The molecule has 2 aromatic heterocycles. The van der Waals surface area contributed by atoms with Crippen LogP contribution in [0, 0.1) is 0 Å². The Hall–Kier alpha value is -2.01. The summed E-state index contributed by atoms with van der Waals surface area (Å²) in [7, 11) is -3.65. The van der Waals surface area contributed by atoms with Crippen LogP contribution >= 0.6 is 22.7 Å². The van der Waals surface area contributed by atoms with E-state index in [4.69, 9.17) is 4.74 Å². The van der Waals surface area contributed by atoms with E-state index >= 15 is 0 Å². The molecule has 3 aromatic rings. The van der Waals surface area contributed by atoms with Gasteiger partial charge < -0.3 is 9.64 Å². The highest BCUT2D eigenvalue weighted by molar-refractivity contribution is 7.91. The Morgan fingerprint density at radius 2 is 2.00 bits per heavy atom. The number of carbonyl (C=O) groups is 1. The summed E-state index contributed by atoms with van der Waals surface area (Å²) < 4.78 is 34.0. The molecule has 2 fully saturated rings. The minimum absolute atomic E-state index is 0.235. The molecule has 2 aliphatic rings. The Morgan fingerprint density at radius 1 is 1.17 bits per heavy atom. The lowest BCUT2D eigenvalue weighted by atomic mass is 10.2. The second-order valence-corrected chi connectivity index (χ2v) is 11.2. The van der Waals surface area contributed by atoms with Crippen molar-refractivity contribution in [1.29, 1.82) is 0 Å². The molecule has 0 amide bonds.